The molecule has 3 saturated heterocycles. The lowest BCUT2D eigenvalue weighted by Gasteiger charge is -2.42. The van der Waals surface area contributed by atoms with E-state index in [-0.39, 0.29) is 30.0 Å². The van der Waals surface area contributed by atoms with E-state index < -0.39 is 5.60 Å². The minimum atomic E-state index is -0.554. The Labute approximate surface area is 178 Å². The fourth-order valence-electron chi connectivity index (χ4n) is 4.90. The lowest BCUT2D eigenvalue weighted by atomic mass is 9.98. The molecule has 0 unspecified atom stereocenters. The Kier molecular flexibility index (Phi) is 6.02. The van der Waals surface area contributed by atoms with Crippen molar-refractivity contribution >= 4 is 12.0 Å². The number of fused-ring (bicyclic) bond motifs is 2. The molecular formula is C23H33N3O4. The second-order valence-corrected chi connectivity index (χ2v) is 9.57. The highest BCUT2D eigenvalue weighted by Crippen LogP contribution is 2.37. The topological polar surface area (TPSA) is 62.3 Å². The van der Waals surface area contributed by atoms with E-state index in [9.17, 15) is 9.59 Å². The van der Waals surface area contributed by atoms with Gasteiger partial charge in [0, 0.05) is 38.8 Å². The van der Waals surface area contributed by atoms with Crippen molar-refractivity contribution in [3.8, 4) is 0 Å². The van der Waals surface area contributed by atoms with Gasteiger partial charge >= 0.3 is 6.09 Å². The Bertz CT molecular complexity index is 757. The molecule has 7 heteroatoms. The van der Waals surface area contributed by atoms with Crippen LogP contribution >= 0.6 is 0 Å². The fourth-order valence-corrected chi connectivity index (χ4v) is 4.90. The van der Waals surface area contributed by atoms with Gasteiger partial charge in [-0.1, -0.05) is 30.3 Å². The zero-order valence-corrected chi connectivity index (χ0v) is 18.3. The van der Waals surface area contributed by atoms with Crippen LogP contribution in [0.1, 0.15) is 32.8 Å². The van der Waals surface area contributed by atoms with Gasteiger partial charge in [-0.15, -0.1) is 0 Å². The molecule has 0 N–H and O–H groups in total. The van der Waals surface area contributed by atoms with E-state index in [1.165, 1.54) is 5.56 Å². The van der Waals surface area contributed by atoms with Crippen molar-refractivity contribution in [3.63, 3.8) is 0 Å². The number of morpholine rings is 1. The summed E-state index contributed by atoms with van der Waals surface area (Å²) >= 11 is 0. The Morgan fingerprint density at radius 1 is 1.10 bits per heavy atom. The first-order valence-corrected chi connectivity index (χ1v) is 11.0. The average molecular weight is 416 g/mol. The number of hydrogen-bond donors (Lipinski definition) is 0. The molecule has 1 aromatic carbocycles. The summed E-state index contributed by atoms with van der Waals surface area (Å²) in [6.45, 7) is 10.4. The molecule has 1 aromatic rings. The lowest BCUT2D eigenvalue weighted by molar-refractivity contribution is -0.140. The summed E-state index contributed by atoms with van der Waals surface area (Å²) in [5.41, 5.74) is 0.695. The number of ether oxygens (including phenoxy) is 2. The third kappa shape index (κ3) is 4.62. The highest BCUT2D eigenvalue weighted by Gasteiger charge is 2.52. The van der Waals surface area contributed by atoms with Crippen molar-refractivity contribution in [2.45, 2.75) is 51.4 Å². The second kappa shape index (κ2) is 8.55. The fraction of sp³-hybridized carbons (Fsp3) is 0.652. The summed E-state index contributed by atoms with van der Waals surface area (Å²) in [6, 6.07) is 10.2. The lowest BCUT2D eigenvalue weighted by Crippen LogP contribution is -2.58. The Hall–Kier alpha value is -2.12. The Morgan fingerprint density at radius 2 is 1.80 bits per heavy atom. The van der Waals surface area contributed by atoms with Crippen LogP contribution in [0.25, 0.3) is 0 Å². The maximum Gasteiger partial charge on any atom is 0.410 e. The summed E-state index contributed by atoms with van der Waals surface area (Å²) in [6.07, 6.45) is 0.403. The maximum absolute atomic E-state index is 13.3. The molecule has 2 bridgehead atoms. The highest BCUT2D eigenvalue weighted by atomic mass is 16.6. The van der Waals surface area contributed by atoms with Gasteiger partial charge in [0.05, 0.1) is 25.2 Å². The molecular weight excluding hydrogens is 382 g/mol. The molecule has 164 valence electrons. The smallest absolute Gasteiger partial charge is 0.410 e. The van der Waals surface area contributed by atoms with E-state index in [2.05, 4.69) is 17.0 Å². The van der Waals surface area contributed by atoms with Crippen LogP contribution in [-0.4, -0.2) is 83.8 Å². The van der Waals surface area contributed by atoms with E-state index in [0.29, 0.717) is 39.3 Å². The van der Waals surface area contributed by atoms with Crippen LogP contribution in [-0.2, 0) is 20.8 Å². The van der Waals surface area contributed by atoms with E-state index >= 15 is 0 Å². The number of carbonyl (C=O) groups excluding carboxylic acids is 2. The van der Waals surface area contributed by atoms with Crippen LogP contribution in [0.3, 0.4) is 0 Å². The first kappa shape index (κ1) is 21.1. The maximum atomic E-state index is 13.3. The molecule has 3 atom stereocenters. The molecule has 30 heavy (non-hydrogen) atoms. The van der Waals surface area contributed by atoms with Crippen molar-refractivity contribution in [2.24, 2.45) is 5.92 Å². The molecule has 7 nitrogen and oxygen atoms in total. The number of benzene rings is 1. The monoisotopic (exact) mass is 415 g/mol. The van der Waals surface area contributed by atoms with Crippen molar-refractivity contribution < 1.29 is 19.1 Å². The predicted octanol–water partition coefficient (Wildman–Crippen LogP) is 2.36. The Balaban J connectivity index is 1.52. The molecule has 0 saturated carbocycles. The van der Waals surface area contributed by atoms with Crippen molar-refractivity contribution in [1.82, 2.24) is 14.7 Å². The van der Waals surface area contributed by atoms with Crippen molar-refractivity contribution in [3.05, 3.63) is 35.9 Å². The van der Waals surface area contributed by atoms with E-state index in [1.807, 2.05) is 48.8 Å². The van der Waals surface area contributed by atoms with Gasteiger partial charge < -0.3 is 14.4 Å². The van der Waals surface area contributed by atoms with Crippen LogP contribution in [0, 0.1) is 5.92 Å². The van der Waals surface area contributed by atoms with Crippen LogP contribution in [0.5, 0.6) is 0 Å². The molecule has 3 aliphatic rings. The molecule has 0 aromatic heterocycles. The normalized spacial score (nSPS) is 27.2. The minimum absolute atomic E-state index is 0.00250. The molecule has 3 aliphatic heterocycles. The largest absolute Gasteiger partial charge is 0.444 e. The van der Waals surface area contributed by atoms with Crippen molar-refractivity contribution in [2.75, 3.05) is 39.4 Å². The third-order valence-corrected chi connectivity index (χ3v) is 6.15. The van der Waals surface area contributed by atoms with Gasteiger partial charge in [0.25, 0.3) is 0 Å². The van der Waals surface area contributed by atoms with E-state index in [1.54, 1.807) is 0 Å². The zero-order chi connectivity index (χ0) is 21.3. The minimum Gasteiger partial charge on any atom is -0.444 e. The van der Waals surface area contributed by atoms with Gasteiger partial charge in [-0.2, -0.15) is 0 Å². The van der Waals surface area contributed by atoms with Gasteiger partial charge in [-0.05, 0) is 32.8 Å². The first-order valence-electron chi connectivity index (χ1n) is 11.0. The van der Waals surface area contributed by atoms with Crippen LogP contribution in [0.4, 0.5) is 4.79 Å². The number of amides is 2. The zero-order valence-electron chi connectivity index (χ0n) is 18.3. The molecule has 2 amide bonds. The van der Waals surface area contributed by atoms with Crippen LogP contribution in [0.2, 0.25) is 0 Å². The number of piperazine rings is 1. The molecule has 0 spiro atoms. The van der Waals surface area contributed by atoms with Gasteiger partial charge in [0.2, 0.25) is 5.91 Å². The molecule has 0 radical (unpaired) electrons. The Morgan fingerprint density at radius 3 is 2.47 bits per heavy atom. The number of nitrogens with zero attached hydrogens (tertiary/aromatic N) is 3. The van der Waals surface area contributed by atoms with Crippen molar-refractivity contribution in [1.29, 1.82) is 0 Å². The van der Waals surface area contributed by atoms with E-state index in [0.717, 1.165) is 13.1 Å². The van der Waals surface area contributed by atoms with Gasteiger partial charge in [0.15, 0.2) is 0 Å². The second-order valence-electron chi connectivity index (χ2n) is 9.57. The number of carbonyl (C=O) groups is 2. The van der Waals surface area contributed by atoms with Gasteiger partial charge in [0.1, 0.15) is 5.60 Å². The number of likely N-dealkylation sites (tertiary alicyclic amines) is 1. The third-order valence-electron chi connectivity index (χ3n) is 6.15. The summed E-state index contributed by atoms with van der Waals surface area (Å²) in [5, 5.41) is 0. The standard InChI is InChI=1S/C23H33N3O4/c1-23(2,3)30-22(28)26-18-13-19(21(27)25-9-11-29-12-10-25)20(26)16-24(15-18)14-17-7-5-4-6-8-17/h4-8,18-20H,9-16H2,1-3H3/t18-,19+,20-/m1/s1. The molecule has 3 fully saturated rings. The quantitative estimate of drug-likeness (QED) is 0.758. The summed E-state index contributed by atoms with van der Waals surface area (Å²) in [5.74, 6) is -0.0256. The number of rotatable bonds is 3. The SMILES string of the molecule is CC(C)(C)OC(=O)N1[C@@H]2C[C@H](C(=O)N3CCOCC3)[C@H]1CN(Cc1ccccc1)C2. The summed E-state index contributed by atoms with van der Waals surface area (Å²) < 4.78 is 11.1. The first-order chi connectivity index (χ1) is 14.3. The predicted molar refractivity (Wildman–Crippen MR) is 113 cm³/mol. The summed E-state index contributed by atoms with van der Waals surface area (Å²) in [4.78, 5) is 32.5. The number of hydrogen-bond acceptors (Lipinski definition) is 5. The van der Waals surface area contributed by atoms with Crippen LogP contribution in [0.15, 0.2) is 30.3 Å². The molecule has 3 heterocycles. The van der Waals surface area contributed by atoms with Gasteiger partial charge in [-0.3, -0.25) is 14.6 Å². The average Bonchev–Trinajstić information content (AvgIpc) is 2.95. The van der Waals surface area contributed by atoms with Gasteiger partial charge in [-0.25, -0.2) is 4.79 Å². The molecule has 0 aliphatic carbocycles. The van der Waals surface area contributed by atoms with E-state index in [4.69, 9.17) is 9.47 Å². The van der Waals surface area contributed by atoms with Crippen LogP contribution < -0.4 is 0 Å². The molecule has 4 rings (SSSR count). The highest BCUT2D eigenvalue weighted by molar-refractivity contribution is 5.82. The summed E-state index contributed by atoms with van der Waals surface area (Å²) in [7, 11) is 0.